The fourth-order valence-electron chi connectivity index (χ4n) is 1.42. The molecule has 0 bridgehead atoms. The number of halogens is 1. The van der Waals surface area contributed by atoms with Crippen LogP contribution in [0.3, 0.4) is 0 Å². The second kappa shape index (κ2) is 7.08. The van der Waals surface area contributed by atoms with Gasteiger partial charge in [0, 0.05) is 16.9 Å². The number of hydrogen-bond acceptors (Lipinski definition) is 2. The average molecular weight is 295 g/mol. The minimum atomic E-state index is -0.121. The molecule has 0 aliphatic rings. The standard InChI is InChI=1S/C13H15BrN2O/c1-10(14)4-3-7-16-13(17)12-6-2-5-11(8-12)9-15/h2,5-6,8,10H,3-4,7H2,1H3,(H,16,17). The van der Waals surface area contributed by atoms with Crippen LogP contribution in [0.25, 0.3) is 0 Å². The SMILES string of the molecule is CC(Br)CCCNC(=O)c1cccc(C#N)c1. The molecule has 0 radical (unpaired) electrons. The zero-order valence-corrected chi connectivity index (χ0v) is 11.3. The van der Waals surface area contributed by atoms with Crippen LogP contribution < -0.4 is 5.32 Å². The minimum Gasteiger partial charge on any atom is -0.352 e. The zero-order valence-electron chi connectivity index (χ0n) is 9.74. The van der Waals surface area contributed by atoms with Gasteiger partial charge >= 0.3 is 0 Å². The Balaban J connectivity index is 2.44. The topological polar surface area (TPSA) is 52.9 Å². The molecule has 90 valence electrons. The van der Waals surface area contributed by atoms with Crippen molar-refractivity contribution in [2.45, 2.75) is 24.6 Å². The molecule has 0 fully saturated rings. The molecule has 17 heavy (non-hydrogen) atoms. The summed E-state index contributed by atoms with van der Waals surface area (Å²) in [5, 5.41) is 11.6. The lowest BCUT2D eigenvalue weighted by Crippen LogP contribution is -2.24. The highest BCUT2D eigenvalue weighted by Gasteiger charge is 2.05. The molecule has 0 spiro atoms. The van der Waals surface area contributed by atoms with Crippen molar-refractivity contribution in [2.75, 3.05) is 6.54 Å². The van der Waals surface area contributed by atoms with E-state index in [2.05, 4.69) is 28.2 Å². The van der Waals surface area contributed by atoms with Crippen molar-refractivity contribution in [1.29, 1.82) is 5.26 Å². The molecule has 0 heterocycles. The fourth-order valence-corrected chi connectivity index (χ4v) is 1.74. The second-order valence-electron chi connectivity index (χ2n) is 3.87. The maximum Gasteiger partial charge on any atom is 0.251 e. The number of nitrogens with zero attached hydrogens (tertiary/aromatic N) is 1. The van der Waals surface area contributed by atoms with E-state index in [0.717, 1.165) is 12.8 Å². The summed E-state index contributed by atoms with van der Waals surface area (Å²) in [6, 6.07) is 8.73. The Kier molecular flexibility index (Phi) is 5.71. The van der Waals surface area contributed by atoms with Crippen LogP contribution in [-0.4, -0.2) is 17.3 Å². The first-order valence-electron chi connectivity index (χ1n) is 5.56. The van der Waals surface area contributed by atoms with E-state index < -0.39 is 0 Å². The molecule has 1 atom stereocenters. The number of alkyl halides is 1. The number of rotatable bonds is 5. The number of carbonyl (C=O) groups excluding carboxylic acids is 1. The summed E-state index contributed by atoms with van der Waals surface area (Å²) in [5.41, 5.74) is 1.04. The number of nitrogens with one attached hydrogen (secondary N) is 1. The predicted molar refractivity (Wildman–Crippen MR) is 71.1 cm³/mol. The molecular weight excluding hydrogens is 280 g/mol. The van der Waals surface area contributed by atoms with Crippen LogP contribution in [0.15, 0.2) is 24.3 Å². The maximum atomic E-state index is 11.7. The Morgan fingerprint density at radius 3 is 3.00 bits per heavy atom. The van der Waals surface area contributed by atoms with Crippen LogP contribution in [0.5, 0.6) is 0 Å². The van der Waals surface area contributed by atoms with Crippen LogP contribution in [0, 0.1) is 11.3 Å². The van der Waals surface area contributed by atoms with Crippen LogP contribution in [0.1, 0.15) is 35.7 Å². The molecule has 1 N–H and O–H groups in total. The molecule has 3 nitrogen and oxygen atoms in total. The van der Waals surface area contributed by atoms with Crippen LogP contribution in [-0.2, 0) is 0 Å². The smallest absolute Gasteiger partial charge is 0.251 e. The zero-order chi connectivity index (χ0) is 12.7. The minimum absolute atomic E-state index is 0.121. The molecule has 0 saturated heterocycles. The lowest BCUT2D eigenvalue weighted by molar-refractivity contribution is 0.0953. The summed E-state index contributed by atoms with van der Waals surface area (Å²) in [4.78, 5) is 12.2. The van der Waals surface area contributed by atoms with Gasteiger partial charge in [0.2, 0.25) is 0 Å². The molecule has 0 aliphatic heterocycles. The number of carbonyl (C=O) groups is 1. The number of hydrogen-bond donors (Lipinski definition) is 1. The number of benzene rings is 1. The molecule has 1 unspecified atom stereocenters. The van der Waals surface area contributed by atoms with Crippen molar-refractivity contribution in [3.8, 4) is 6.07 Å². The number of nitriles is 1. The molecular formula is C13H15BrN2O. The third kappa shape index (κ3) is 5.01. The van der Waals surface area contributed by atoms with Gasteiger partial charge in [-0.05, 0) is 31.0 Å². The van der Waals surface area contributed by atoms with Gasteiger partial charge in [-0.25, -0.2) is 0 Å². The third-order valence-corrected chi connectivity index (χ3v) is 2.78. The quantitative estimate of drug-likeness (QED) is 0.671. The summed E-state index contributed by atoms with van der Waals surface area (Å²) in [5.74, 6) is -0.121. The predicted octanol–water partition coefficient (Wildman–Crippen LogP) is 2.85. The van der Waals surface area contributed by atoms with E-state index in [1.807, 2.05) is 6.07 Å². The molecule has 1 aromatic rings. The molecule has 1 amide bonds. The van der Waals surface area contributed by atoms with E-state index in [-0.39, 0.29) is 5.91 Å². The highest BCUT2D eigenvalue weighted by Crippen LogP contribution is 2.06. The first-order chi connectivity index (χ1) is 8.13. The summed E-state index contributed by atoms with van der Waals surface area (Å²) >= 11 is 3.46. The Morgan fingerprint density at radius 2 is 2.35 bits per heavy atom. The average Bonchev–Trinajstić information content (AvgIpc) is 2.34. The van der Waals surface area contributed by atoms with Crippen LogP contribution in [0.2, 0.25) is 0 Å². The summed E-state index contributed by atoms with van der Waals surface area (Å²) < 4.78 is 0. The lowest BCUT2D eigenvalue weighted by Gasteiger charge is -2.06. The van der Waals surface area contributed by atoms with Crippen molar-refractivity contribution < 1.29 is 4.79 Å². The monoisotopic (exact) mass is 294 g/mol. The maximum absolute atomic E-state index is 11.7. The van der Waals surface area contributed by atoms with E-state index >= 15 is 0 Å². The molecule has 4 heteroatoms. The van der Waals surface area contributed by atoms with Gasteiger partial charge in [-0.1, -0.05) is 28.9 Å². The molecule has 0 aromatic heterocycles. The first kappa shape index (κ1) is 13.7. The van der Waals surface area contributed by atoms with Crippen molar-refractivity contribution in [3.63, 3.8) is 0 Å². The van der Waals surface area contributed by atoms with Gasteiger partial charge in [0.05, 0.1) is 11.6 Å². The van der Waals surface area contributed by atoms with E-state index in [0.29, 0.717) is 22.5 Å². The van der Waals surface area contributed by atoms with Gasteiger partial charge in [0.1, 0.15) is 0 Å². The Hall–Kier alpha value is -1.34. The van der Waals surface area contributed by atoms with Crippen LogP contribution in [0.4, 0.5) is 0 Å². The summed E-state index contributed by atoms with van der Waals surface area (Å²) in [6.07, 6.45) is 1.97. The third-order valence-electron chi connectivity index (χ3n) is 2.32. The number of amides is 1. The summed E-state index contributed by atoms with van der Waals surface area (Å²) in [7, 11) is 0. The van der Waals surface area contributed by atoms with Crippen molar-refractivity contribution in [3.05, 3.63) is 35.4 Å². The first-order valence-corrected chi connectivity index (χ1v) is 6.47. The van der Waals surface area contributed by atoms with E-state index in [1.54, 1.807) is 24.3 Å². The van der Waals surface area contributed by atoms with E-state index in [4.69, 9.17) is 5.26 Å². The second-order valence-corrected chi connectivity index (χ2v) is 5.43. The molecule has 1 aromatic carbocycles. The van der Waals surface area contributed by atoms with Crippen molar-refractivity contribution in [2.24, 2.45) is 0 Å². The fraction of sp³-hybridized carbons (Fsp3) is 0.385. The van der Waals surface area contributed by atoms with Gasteiger partial charge in [-0.3, -0.25) is 4.79 Å². The van der Waals surface area contributed by atoms with E-state index in [9.17, 15) is 4.79 Å². The normalized spacial score (nSPS) is 11.6. The van der Waals surface area contributed by atoms with Gasteiger partial charge < -0.3 is 5.32 Å². The van der Waals surface area contributed by atoms with Gasteiger partial charge in [-0.15, -0.1) is 0 Å². The molecule has 0 aliphatic carbocycles. The Labute approximate surface area is 110 Å². The Bertz CT molecular complexity index is 424. The lowest BCUT2D eigenvalue weighted by atomic mass is 10.1. The summed E-state index contributed by atoms with van der Waals surface area (Å²) in [6.45, 7) is 2.74. The van der Waals surface area contributed by atoms with Gasteiger partial charge in [0.25, 0.3) is 5.91 Å². The van der Waals surface area contributed by atoms with E-state index in [1.165, 1.54) is 0 Å². The largest absolute Gasteiger partial charge is 0.352 e. The molecule has 0 saturated carbocycles. The molecule has 1 rings (SSSR count). The van der Waals surface area contributed by atoms with Gasteiger partial charge in [0.15, 0.2) is 0 Å². The van der Waals surface area contributed by atoms with Crippen molar-refractivity contribution >= 4 is 21.8 Å². The highest BCUT2D eigenvalue weighted by molar-refractivity contribution is 9.09. The Morgan fingerprint density at radius 1 is 1.59 bits per heavy atom. The van der Waals surface area contributed by atoms with Gasteiger partial charge in [-0.2, -0.15) is 5.26 Å². The van der Waals surface area contributed by atoms with Crippen molar-refractivity contribution in [1.82, 2.24) is 5.32 Å². The van der Waals surface area contributed by atoms with Crippen LogP contribution >= 0.6 is 15.9 Å². The highest BCUT2D eigenvalue weighted by atomic mass is 79.9.